The smallest absolute Gasteiger partial charge is 0.481 e. The van der Waals surface area contributed by atoms with Gasteiger partial charge in [-0.25, -0.2) is 35.2 Å². The molecular weight excluding hydrogens is 1250 g/mol. The van der Waals surface area contributed by atoms with Crippen molar-refractivity contribution >= 4 is 73.8 Å². The molecule has 1 saturated carbocycles. The molecule has 4 N–H and O–H groups in total. The van der Waals surface area contributed by atoms with Gasteiger partial charge in [0.1, 0.15) is 46.6 Å². The summed E-state index contributed by atoms with van der Waals surface area (Å²) in [6, 6.07) is 6.52. The molecule has 0 bridgehead atoms. The SMILES string of the molecule is Cc1cc(CC(=O)O)cc(OP(=O)(O)O)c1C(C)(C)CC(=O)N(c1nn(CC(F)(F)F)c2c(-c3ccc(C#CC(C)(C)S(C)(=O)=O)nc3[C@H](Cc3cc(F)ccc3F)NC(=O)Cn3nc(C(F)(F)F)c4c3C(F)(F)[C@@H]3C[C@H]43)ccc(Cl)c12)S(C)(=O)=O. The number of amides is 2. The number of phosphoric acid groups is 1. The van der Waals surface area contributed by atoms with E-state index < -0.39 is 203 Å². The Morgan fingerprint density at radius 1 is 0.942 bits per heavy atom. The molecule has 19 nitrogen and oxygen atoms in total. The van der Waals surface area contributed by atoms with Gasteiger partial charge in [-0.2, -0.15) is 49.6 Å². The molecule has 2 aliphatic carbocycles. The number of carboxylic acids is 1. The Labute approximate surface area is 487 Å². The number of aliphatic carboxylic acids is 1. The summed E-state index contributed by atoms with van der Waals surface area (Å²) in [6.07, 6.45) is -12.1. The molecule has 0 unspecified atom stereocenters. The average Bonchev–Trinajstić information content (AvgIpc) is 1.52. The number of nitrogens with zero attached hydrogens (tertiary/aromatic N) is 6. The van der Waals surface area contributed by atoms with E-state index in [4.69, 9.17) is 16.1 Å². The molecule has 3 atom stereocenters. The first-order chi connectivity index (χ1) is 39.3. The maximum Gasteiger partial charge on any atom is 0.524 e. The maximum absolute atomic E-state index is 15.8. The van der Waals surface area contributed by atoms with Crippen LogP contribution < -0.4 is 14.1 Å². The molecule has 0 saturated heterocycles. The molecule has 2 aliphatic rings. The van der Waals surface area contributed by atoms with Crippen LogP contribution in [0.15, 0.2) is 54.6 Å². The Morgan fingerprint density at radius 3 is 2.19 bits per heavy atom. The summed E-state index contributed by atoms with van der Waals surface area (Å²) in [6.45, 7) is 2.86. The van der Waals surface area contributed by atoms with Crippen LogP contribution in [0.5, 0.6) is 5.75 Å². The van der Waals surface area contributed by atoms with Crippen LogP contribution in [0, 0.1) is 36.3 Å². The summed E-state index contributed by atoms with van der Waals surface area (Å²) >= 11 is 6.77. The molecule has 86 heavy (non-hydrogen) atoms. The van der Waals surface area contributed by atoms with Gasteiger partial charge >= 0.3 is 26.1 Å². The Kier molecular flexibility index (Phi) is 16.8. The summed E-state index contributed by atoms with van der Waals surface area (Å²) in [5.74, 6) is -9.81. The highest BCUT2D eigenvalue weighted by Crippen LogP contribution is 2.68. The summed E-state index contributed by atoms with van der Waals surface area (Å²) in [7, 11) is -14.5. The average molecular weight is 1300 g/mol. The lowest BCUT2D eigenvalue weighted by Crippen LogP contribution is -2.40. The van der Waals surface area contributed by atoms with Crippen LogP contribution in [-0.4, -0.2) is 97.5 Å². The quantitative estimate of drug-likeness (QED) is 0.0355. The van der Waals surface area contributed by atoms with Crippen LogP contribution in [0.2, 0.25) is 5.02 Å². The number of hydrogen-bond donors (Lipinski definition) is 4. The molecule has 3 aromatic carbocycles. The topological polar surface area (TPSA) is 270 Å². The number of hydrogen-bond acceptors (Lipinski definition) is 12. The molecule has 6 aromatic rings. The number of halogens is 11. The number of pyridine rings is 1. The van der Waals surface area contributed by atoms with Crippen LogP contribution in [0.4, 0.5) is 49.7 Å². The van der Waals surface area contributed by atoms with Gasteiger partial charge in [0.15, 0.2) is 21.3 Å². The number of benzene rings is 3. The third-order valence-corrected chi connectivity index (χ3v) is 18.1. The number of sulfonamides is 1. The third-order valence-electron chi connectivity index (χ3n) is 14.3. The van der Waals surface area contributed by atoms with Crippen molar-refractivity contribution in [2.24, 2.45) is 5.92 Å². The van der Waals surface area contributed by atoms with Crippen molar-refractivity contribution in [2.75, 3.05) is 16.8 Å². The molecule has 3 heterocycles. The fraction of sp³-hybridized carbons (Fsp3) is 0.396. The van der Waals surface area contributed by atoms with E-state index >= 15 is 13.2 Å². The zero-order valence-corrected chi connectivity index (χ0v) is 49.1. The van der Waals surface area contributed by atoms with Crippen LogP contribution in [0.25, 0.3) is 22.0 Å². The lowest BCUT2D eigenvalue weighted by molar-refractivity contribution is -0.143. The van der Waals surface area contributed by atoms with Crippen molar-refractivity contribution in [2.45, 2.75) is 114 Å². The number of anilines is 1. The van der Waals surface area contributed by atoms with Crippen molar-refractivity contribution in [3.8, 4) is 28.7 Å². The Balaban J connectivity index is 1.35. The summed E-state index contributed by atoms with van der Waals surface area (Å²) in [5, 5.41) is 17.9. The van der Waals surface area contributed by atoms with E-state index in [9.17, 15) is 81.4 Å². The summed E-state index contributed by atoms with van der Waals surface area (Å²) in [4.78, 5) is 65.0. The van der Waals surface area contributed by atoms with E-state index in [-0.39, 0.29) is 42.5 Å². The van der Waals surface area contributed by atoms with Gasteiger partial charge in [-0.05, 0) is 98.2 Å². The third kappa shape index (κ3) is 13.4. The van der Waals surface area contributed by atoms with E-state index in [1.807, 2.05) is 0 Å². The number of rotatable bonds is 18. The largest absolute Gasteiger partial charge is 0.524 e. The van der Waals surface area contributed by atoms with Crippen LogP contribution in [0.1, 0.15) is 103 Å². The van der Waals surface area contributed by atoms with Crippen LogP contribution >= 0.6 is 19.4 Å². The lowest BCUT2D eigenvalue weighted by atomic mass is 9.78. The number of alkyl halides is 8. The Morgan fingerprint density at radius 2 is 1.59 bits per heavy atom. The molecule has 3 aromatic heterocycles. The molecule has 33 heteroatoms. The normalized spacial score (nSPS) is 16.5. The fourth-order valence-electron chi connectivity index (χ4n) is 10.5. The van der Waals surface area contributed by atoms with Crippen LogP contribution in [-0.2, 0) is 82.3 Å². The van der Waals surface area contributed by atoms with Gasteiger partial charge in [0.2, 0.25) is 21.8 Å². The second kappa shape index (κ2) is 22.2. The molecule has 8 rings (SSSR count). The van der Waals surface area contributed by atoms with E-state index in [0.717, 1.165) is 36.6 Å². The maximum atomic E-state index is 15.8. The van der Waals surface area contributed by atoms with Gasteiger partial charge in [0, 0.05) is 52.7 Å². The van der Waals surface area contributed by atoms with Gasteiger partial charge in [-0.3, -0.25) is 33.5 Å². The minimum Gasteiger partial charge on any atom is -0.481 e. The highest BCUT2D eigenvalue weighted by atomic mass is 35.5. The molecule has 0 radical (unpaired) electrons. The van der Waals surface area contributed by atoms with Gasteiger partial charge < -0.3 is 14.9 Å². The number of aromatic nitrogens is 5. The number of fused-ring (bicyclic) bond motifs is 4. The van der Waals surface area contributed by atoms with Crippen molar-refractivity contribution in [3.63, 3.8) is 0 Å². The second-order valence-corrected chi connectivity index (χ2v) is 27.9. The number of carbonyl (C=O) groups is 3. The highest BCUT2D eigenvalue weighted by Gasteiger charge is 2.68. The number of sulfone groups is 1. The molecule has 2 amide bonds. The summed E-state index contributed by atoms with van der Waals surface area (Å²) in [5.41, 5.74) is -8.75. The van der Waals surface area contributed by atoms with E-state index in [0.29, 0.717) is 24.5 Å². The minimum absolute atomic E-state index is 0.00236. The van der Waals surface area contributed by atoms with Gasteiger partial charge in [-0.1, -0.05) is 43.5 Å². The predicted octanol–water partition coefficient (Wildman–Crippen LogP) is 9.36. The standard InChI is InChI=1S/C53H49ClF10N7O12PS2/c1-25-16-26(18-40(74)75)17-37(83-84(76,77)78)43(25)49(2,3)22-39(73)71(86(7,81)82)48-42-34(54)12-11-31(45(42)70(68-48)24-51(57,58)59)30-10-9-29(14-15-50(4,5)85(6,79)80)65-44(30)36(20-27-19-28(55)8-13-35(27)56)66-38(72)23-69-47-41(46(67-69)53(62,63)64)32-21-33(32)52(47,60)61/h8-13,16-17,19,32-33,36H,18,20-24H2,1-7H3,(H,66,72)(H,74,75)(H2,76,77,78)/t32-,33+,36-/m0/s1. The lowest BCUT2D eigenvalue weighted by Gasteiger charge is -2.31. The van der Waals surface area contributed by atoms with E-state index in [2.05, 4.69) is 32.3 Å². The zero-order chi connectivity index (χ0) is 64.1. The van der Waals surface area contributed by atoms with Crippen molar-refractivity contribution in [3.05, 3.63) is 122 Å². The Hall–Kier alpha value is -7.10. The first-order valence-corrected chi connectivity index (χ1v) is 30.9. The van der Waals surface area contributed by atoms with Gasteiger partial charge in [-0.15, -0.1) is 0 Å². The summed E-state index contributed by atoms with van der Waals surface area (Å²) < 4.78 is 219. The van der Waals surface area contributed by atoms with Crippen molar-refractivity contribution in [1.29, 1.82) is 0 Å². The first kappa shape index (κ1) is 64.9. The fourth-order valence-corrected chi connectivity index (χ4v) is 12.3. The predicted molar refractivity (Wildman–Crippen MR) is 288 cm³/mol. The number of nitrogens with one attached hydrogen (secondary N) is 1. The van der Waals surface area contributed by atoms with Gasteiger partial charge in [0.05, 0.1) is 40.3 Å². The van der Waals surface area contributed by atoms with E-state index in [1.165, 1.54) is 40.7 Å². The molecule has 0 spiro atoms. The van der Waals surface area contributed by atoms with E-state index in [1.54, 1.807) is 0 Å². The number of aryl methyl sites for hydroxylation is 1. The van der Waals surface area contributed by atoms with Crippen LogP contribution in [0.3, 0.4) is 0 Å². The molecule has 1 fully saturated rings. The second-order valence-electron chi connectivity index (χ2n) is 21.9. The van der Waals surface area contributed by atoms with Crippen molar-refractivity contribution < 1.29 is 99.1 Å². The molecule has 462 valence electrons. The highest BCUT2D eigenvalue weighted by molar-refractivity contribution is 7.93. The van der Waals surface area contributed by atoms with Gasteiger partial charge in [0.25, 0.3) is 5.92 Å². The Bertz CT molecular complexity index is 4180. The number of carbonyl (C=O) groups excluding carboxylic acids is 2. The first-order valence-electron chi connectivity index (χ1n) is 25.2. The number of carboxylic acid groups (broad SMARTS) is 1. The number of phosphoric ester groups is 1. The minimum atomic E-state index is -5.45. The monoisotopic (exact) mass is 1300 g/mol. The van der Waals surface area contributed by atoms with Crippen molar-refractivity contribution in [1.82, 2.24) is 29.9 Å². The molecule has 0 aliphatic heterocycles. The zero-order valence-electron chi connectivity index (χ0n) is 45.8. The molecular formula is C53H49ClF10N7O12PS2.